The maximum absolute atomic E-state index is 10.9. The molecule has 0 saturated heterocycles. The van der Waals surface area contributed by atoms with Gasteiger partial charge in [-0.1, -0.05) is 6.07 Å². The SMILES string of the molecule is CN(C)C(CC(N)C(=O)O)c1ccc2nc[nH]c2c1. The minimum atomic E-state index is -0.977. The van der Waals surface area contributed by atoms with Gasteiger partial charge in [0.2, 0.25) is 0 Å². The van der Waals surface area contributed by atoms with Gasteiger partial charge in [0.1, 0.15) is 6.04 Å². The lowest BCUT2D eigenvalue weighted by Gasteiger charge is -2.26. The first-order valence-electron chi connectivity index (χ1n) is 6.07. The Labute approximate surface area is 111 Å². The van der Waals surface area contributed by atoms with Gasteiger partial charge in [-0.05, 0) is 38.2 Å². The quantitative estimate of drug-likeness (QED) is 0.746. The van der Waals surface area contributed by atoms with Gasteiger partial charge in [-0.2, -0.15) is 0 Å². The Morgan fingerprint density at radius 1 is 1.53 bits per heavy atom. The summed E-state index contributed by atoms with van der Waals surface area (Å²) in [5, 5.41) is 8.94. The van der Waals surface area contributed by atoms with E-state index in [1.165, 1.54) is 0 Å². The number of rotatable bonds is 5. The summed E-state index contributed by atoms with van der Waals surface area (Å²) in [6.45, 7) is 0. The van der Waals surface area contributed by atoms with Crippen LogP contribution in [-0.4, -0.2) is 46.1 Å². The summed E-state index contributed by atoms with van der Waals surface area (Å²) in [5.74, 6) is -0.977. The predicted octanol–water partition coefficient (Wildman–Crippen LogP) is 0.968. The molecule has 102 valence electrons. The molecular formula is C13H18N4O2. The number of nitrogens with two attached hydrogens (primary N) is 1. The van der Waals surface area contributed by atoms with Crippen LogP contribution in [0.4, 0.5) is 0 Å². The van der Waals surface area contributed by atoms with Gasteiger partial charge in [-0.15, -0.1) is 0 Å². The van der Waals surface area contributed by atoms with Crippen LogP contribution >= 0.6 is 0 Å². The molecule has 1 aromatic carbocycles. The van der Waals surface area contributed by atoms with Crippen LogP contribution in [0.15, 0.2) is 24.5 Å². The van der Waals surface area contributed by atoms with Crippen LogP contribution < -0.4 is 5.73 Å². The molecule has 0 radical (unpaired) electrons. The summed E-state index contributed by atoms with van der Waals surface area (Å²) in [7, 11) is 3.83. The van der Waals surface area contributed by atoms with Crippen molar-refractivity contribution in [2.75, 3.05) is 14.1 Å². The summed E-state index contributed by atoms with van der Waals surface area (Å²) in [6, 6.07) is 4.96. The molecule has 19 heavy (non-hydrogen) atoms. The molecule has 1 aromatic heterocycles. The average Bonchev–Trinajstić information content (AvgIpc) is 2.81. The fourth-order valence-electron chi connectivity index (χ4n) is 2.15. The second-order valence-corrected chi connectivity index (χ2v) is 4.84. The number of carbonyl (C=O) groups is 1. The Bertz CT molecular complexity index is 579. The third-order valence-corrected chi connectivity index (χ3v) is 3.25. The van der Waals surface area contributed by atoms with E-state index in [0.29, 0.717) is 6.42 Å². The van der Waals surface area contributed by atoms with Gasteiger partial charge in [-0.25, -0.2) is 4.98 Å². The maximum atomic E-state index is 10.9. The van der Waals surface area contributed by atoms with Crippen LogP contribution in [0, 0.1) is 0 Å². The van der Waals surface area contributed by atoms with Crippen LogP contribution in [0.3, 0.4) is 0 Å². The number of H-pyrrole nitrogens is 1. The fraction of sp³-hybridized carbons (Fsp3) is 0.385. The van der Waals surface area contributed by atoms with Crippen molar-refractivity contribution in [2.24, 2.45) is 5.73 Å². The molecule has 0 amide bonds. The predicted molar refractivity (Wildman–Crippen MR) is 72.7 cm³/mol. The van der Waals surface area contributed by atoms with Crippen molar-refractivity contribution in [1.29, 1.82) is 0 Å². The number of hydrogen-bond acceptors (Lipinski definition) is 4. The highest BCUT2D eigenvalue weighted by Gasteiger charge is 2.22. The van der Waals surface area contributed by atoms with Crippen molar-refractivity contribution in [3.8, 4) is 0 Å². The molecule has 2 rings (SSSR count). The van der Waals surface area contributed by atoms with Gasteiger partial charge in [0.05, 0.1) is 17.4 Å². The van der Waals surface area contributed by atoms with E-state index in [0.717, 1.165) is 16.6 Å². The monoisotopic (exact) mass is 262 g/mol. The Morgan fingerprint density at radius 3 is 2.89 bits per heavy atom. The zero-order chi connectivity index (χ0) is 14.0. The number of carboxylic acids is 1. The molecule has 1 heterocycles. The number of fused-ring (bicyclic) bond motifs is 1. The zero-order valence-corrected chi connectivity index (χ0v) is 11.0. The molecule has 4 N–H and O–H groups in total. The molecular weight excluding hydrogens is 244 g/mol. The fourth-order valence-corrected chi connectivity index (χ4v) is 2.15. The minimum Gasteiger partial charge on any atom is -0.480 e. The van der Waals surface area contributed by atoms with Crippen molar-refractivity contribution in [3.63, 3.8) is 0 Å². The molecule has 2 atom stereocenters. The average molecular weight is 262 g/mol. The molecule has 0 spiro atoms. The van der Waals surface area contributed by atoms with Crippen LogP contribution in [0.2, 0.25) is 0 Å². The Hall–Kier alpha value is -1.92. The van der Waals surface area contributed by atoms with Crippen LogP contribution in [0.5, 0.6) is 0 Å². The highest BCUT2D eigenvalue weighted by atomic mass is 16.4. The van der Waals surface area contributed by atoms with E-state index in [1.54, 1.807) is 6.33 Å². The number of aromatic amines is 1. The third kappa shape index (κ3) is 2.91. The number of benzene rings is 1. The molecule has 0 aliphatic rings. The van der Waals surface area contributed by atoms with Crippen molar-refractivity contribution in [1.82, 2.24) is 14.9 Å². The van der Waals surface area contributed by atoms with E-state index in [2.05, 4.69) is 9.97 Å². The van der Waals surface area contributed by atoms with Gasteiger partial charge in [0, 0.05) is 6.04 Å². The second kappa shape index (κ2) is 5.38. The smallest absolute Gasteiger partial charge is 0.320 e. The van der Waals surface area contributed by atoms with Crippen molar-refractivity contribution in [3.05, 3.63) is 30.1 Å². The lowest BCUT2D eigenvalue weighted by atomic mass is 9.98. The van der Waals surface area contributed by atoms with Crippen molar-refractivity contribution < 1.29 is 9.90 Å². The van der Waals surface area contributed by atoms with Crippen molar-refractivity contribution >= 4 is 17.0 Å². The van der Waals surface area contributed by atoms with E-state index >= 15 is 0 Å². The largest absolute Gasteiger partial charge is 0.480 e. The van der Waals surface area contributed by atoms with Crippen LogP contribution in [0.25, 0.3) is 11.0 Å². The standard InChI is InChI=1S/C13H18N4O2/c1-17(2)12(6-9(14)13(18)19)8-3-4-10-11(5-8)16-7-15-10/h3-5,7,9,12H,6,14H2,1-2H3,(H,15,16)(H,18,19). The first kappa shape index (κ1) is 13.5. The van der Waals surface area contributed by atoms with E-state index < -0.39 is 12.0 Å². The molecule has 2 aromatic rings. The maximum Gasteiger partial charge on any atom is 0.320 e. The van der Waals surface area contributed by atoms with E-state index in [9.17, 15) is 4.79 Å². The number of carboxylic acid groups (broad SMARTS) is 1. The zero-order valence-electron chi connectivity index (χ0n) is 11.0. The first-order valence-corrected chi connectivity index (χ1v) is 6.07. The minimum absolute atomic E-state index is 0.0428. The van der Waals surface area contributed by atoms with Crippen LogP contribution in [0.1, 0.15) is 18.0 Å². The summed E-state index contributed by atoms with van der Waals surface area (Å²) in [4.78, 5) is 20.1. The normalized spacial score (nSPS) is 14.7. The Morgan fingerprint density at radius 2 is 2.26 bits per heavy atom. The third-order valence-electron chi connectivity index (χ3n) is 3.25. The number of aromatic nitrogens is 2. The van der Waals surface area contributed by atoms with Crippen molar-refractivity contribution in [2.45, 2.75) is 18.5 Å². The number of nitrogens with one attached hydrogen (secondary N) is 1. The summed E-state index contributed by atoms with van der Waals surface area (Å²) in [6.07, 6.45) is 2.00. The molecule has 0 aliphatic carbocycles. The first-order chi connectivity index (χ1) is 8.99. The molecule has 0 bridgehead atoms. The highest BCUT2D eigenvalue weighted by Crippen LogP contribution is 2.25. The Kier molecular flexibility index (Phi) is 3.82. The molecule has 6 heteroatoms. The molecule has 6 nitrogen and oxygen atoms in total. The lowest BCUT2D eigenvalue weighted by molar-refractivity contribution is -0.139. The topological polar surface area (TPSA) is 95.2 Å². The van der Waals surface area contributed by atoms with Gasteiger partial charge in [-0.3, -0.25) is 4.79 Å². The number of aliphatic carboxylic acids is 1. The van der Waals surface area contributed by atoms with E-state index in [-0.39, 0.29) is 6.04 Å². The summed E-state index contributed by atoms with van der Waals surface area (Å²) >= 11 is 0. The van der Waals surface area contributed by atoms with Gasteiger partial charge < -0.3 is 20.7 Å². The molecule has 2 unspecified atom stereocenters. The van der Waals surface area contributed by atoms with Gasteiger partial charge in [0.25, 0.3) is 0 Å². The van der Waals surface area contributed by atoms with Gasteiger partial charge in [0.15, 0.2) is 0 Å². The number of nitrogens with zero attached hydrogens (tertiary/aromatic N) is 2. The highest BCUT2D eigenvalue weighted by molar-refractivity contribution is 5.75. The number of imidazole rings is 1. The molecule has 0 fully saturated rings. The lowest BCUT2D eigenvalue weighted by Crippen LogP contribution is -2.35. The summed E-state index contributed by atoms with van der Waals surface area (Å²) in [5.41, 5.74) is 8.50. The molecule has 0 saturated carbocycles. The van der Waals surface area contributed by atoms with Crippen LogP contribution in [-0.2, 0) is 4.79 Å². The number of hydrogen-bond donors (Lipinski definition) is 3. The van der Waals surface area contributed by atoms with Gasteiger partial charge >= 0.3 is 5.97 Å². The second-order valence-electron chi connectivity index (χ2n) is 4.84. The van der Waals surface area contributed by atoms with E-state index in [1.807, 2.05) is 37.2 Å². The van der Waals surface area contributed by atoms with E-state index in [4.69, 9.17) is 10.8 Å². The summed E-state index contributed by atoms with van der Waals surface area (Å²) < 4.78 is 0. The molecule has 0 aliphatic heterocycles. The Balaban J connectivity index is 2.29.